The second-order valence-corrected chi connectivity index (χ2v) is 6.32. The largest absolute Gasteiger partial charge is 0.299 e. The van der Waals surface area contributed by atoms with Crippen LogP contribution in [-0.2, 0) is 17.8 Å². The average molecular weight is 364 g/mol. The highest BCUT2D eigenvalue weighted by atomic mass is 32.1. The summed E-state index contributed by atoms with van der Waals surface area (Å²) in [5.74, 6) is -1.15. The zero-order chi connectivity index (χ0) is 18.6. The predicted molar refractivity (Wildman–Crippen MR) is 91.4 cm³/mol. The monoisotopic (exact) mass is 364 g/mol. The molecule has 0 fully saturated rings. The van der Waals surface area contributed by atoms with Gasteiger partial charge in [0.1, 0.15) is 6.54 Å². The molecule has 0 spiro atoms. The van der Waals surface area contributed by atoms with Crippen molar-refractivity contribution >= 4 is 28.8 Å². The fourth-order valence-corrected chi connectivity index (χ4v) is 3.12. The van der Waals surface area contributed by atoms with Crippen molar-refractivity contribution in [3.05, 3.63) is 60.2 Å². The Kier molecular flexibility index (Phi) is 5.65. The summed E-state index contributed by atoms with van der Waals surface area (Å²) in [5.41, 5.74) is 4.59. The summed E-state index contributed by atoms with van der Waals surface area (Å²) < 4.78 is 0.893. The van der Waals surface area contributed by atoms with Crippen LogP contribution in [0.1, 0.15) is 27.0 Å². The smallest absolute Gasteiger partial charge is 0.285 e. The maximum absolute atomic E-state index is 12.0. The van der Waals surface area contributed by atoms with Gasteiger partial charge < -0.3 is 0 Å². The van der Waals surface area contributed by atoms with Gasteiger partial charge in [-0.1, -0.05) is 6.92 Å². The van der Waals surface area contributed by atoms with Crippen LogP contribution in [0, 0.1) is 17.0 Å². The van der Waals surface area contributed by atoms with Gasteiger partial charge in [-0.15, -0.1) is 11.3 Å². The molecule has 0 saturated carbocycles. The topological polar surface area (TPSA) is 123 Å². The Hall–Kier alpha value is -3.01. The average Bonchev–Trinajstić information content (AvgIpc) is 2.95. The first-order chi connectivity index (χ1) is 11.8. The normalized spacial score (nSPS) is 10.3. The molecule has 2 rings (SSSR count). The first-order valence-electron chi connectivity index (χ1n) is 7.35. The lowest BCUT2D eigenvalue weighted by atomic mass is 10.2. The predicted octanol–water partition coefficient (Wildman–Crippen LogP) is 1.15. The third-order valence-electron chi connectivity index (χ3n) is 3.37. The second kappa shape index (κ2) is 7.71. The van der Waals surface area contributed by atoms with Gasteiger partial charge in [-0.2, -0.15) is 0 Å². The number of aryl methyl sites for hydroxylation is 2. The Morgan fingerprint density at radius 3 is 2.64 bits per heavy atom. The zero-order valence-corrected chi connectivity index (χ0v) is 14.4. The molecular weight excluding hydrogens is 348 g/mol. The Balaban J connectivity index is 1.98. The maximum Gasteiger partial charge on any atom is 0.285 e. The minimum atomic E-state index is -0.681. The van der Waals surface area contributed by atoms with E-state index >= 15 is 0 Å². The summed E-state index contributed by atoms with van der Waals surface area (Å²) >= 11 is 1.34. The molecule has 2 aromatic rings. The van der Waals surface area contributed by atoms with Crippen LogP contribution in [0.3, 0.4) is 0 Å². The Bertz CT molecular complexity index is 886. The van der Waals surface area contributed by atoms with E-state index in [9.17, 15) is 24.5 Å². The van der Waals surface area contributed by atoms with Gasteiger partial charge in [-0.25, -0.2) is 0 Å². The second-order valence-electron chi connectivity index (χ2n) is 5.18. The number of thiophene rings is 1. The Morgan fingerprint density at radius 1 is 1.32 bits per heavy atom. The number of amides is 2. The van der Waals surface area contributed by atoms with Crippen LogP contribution in [0.15, 0.2) is 29.2 Å². The lowest BCUT2D eigenvalue weighted by Gasteiger charge is -2.07. The summed E-state index contributed by atoms with van der Waals surface area (Å²) in [5, 5.41) is 10.7. The molecule has 2 amide bonds. The van der Waals surface area contributed by atoms with Crippen LogP contribution >= 0.6 is 11.3 Å². The Labute approximate surface area is 146 Å². The van der Waals surface area contributed by atoms with Crippen molar-refractivity contribution in [2.24, 2.45) is 0 Å². The zero-order valence-electron chi connectivity index (χ0n) is 13.6. The van der Waals surface area contributed by atoms with E-state index in [4.69, 9.17) is 0 Å². The molecule has 0 atom stereocenters. The molecule has 0 saturated heterocycles. The molecule has 9 nitrogen and oxygen atoms in total. The van der Waals surface area contributed by atoms with Gasteiger partial charge in [0.2, 0.25) is 0 Å². The van der Waals surface area contributed by atoms with E-state index in [0.717, 1.165) is 39.8 Å². The SMILES string of the molecule is CCc1sc(C(=O)NNC(=O)Cn2cc([N+](=O)[O-])ccc2=O)cc1C. The number of nitrogens with zero attached hydrogens (tertiary/aromatic N) is 2. The van der Waals surface area contributed by atoms with Crippen molar-refractivity contribution in [3.63, 3.8) is 0 Å². The van der Waals surface area contributed by atoms with Crippen molar-refractivity contribution in [2.75, 3.05) is 0 Å². The van der Waals surface area contributed by atoms with Crippen LogP contribution in [0.2, 0.25) is 0 Å². The number of pyridine rings is 1. The molecule has 25 heavy (non-hydrogen) atoms. The highest BCUT2D eigenvalue weighted by molar-refractivity contribution is 7.14. The summed E-state index contributed by atoms with van der Waals surface area (Å²) in [4.78, 5) is 47.1. The number of hydrogen-bond acceptors (Lipinski definition) is 6. The summed E-state index contributed by atoms with van der Waals surface area (Å²) in [6, 6.07) is 3.80. The summed E-state index contributed by atoms with van der Waals surface area (Å²) in [6.45, 7) is 3.43. The summed E-state index contributed by atoms with van der Waals surface area (Å²) in [7, 11) is 0. The molecule has 2 heterocycles. The lowest BCUT2D eigenvalue weighted by Crippen LogP contribution is -2.43. The summed E-state index contributed by atoms with van der Waals surface area (Å²) in [6.07, 6.45) is 1.78. The third-order valence-corrected chi connectivity index (χ3v) is 4.75. The van der Waals surface area contributed by atoms with E-state index in [1.54, 1.807) is 6.07 Å². The van der Waals surface area contributed by atoms with Gasteiger partial charge in [-0.05, 0) is 25.0 Å². The highest BCUT2D eigenvalue weighted by Gasteiger charge is 2.14. The number of carbonyl (C=O) groups excluding carboxylic acids is 2. The number of aromatic nitrogens is 1. The first kappa shape index (κ1) is 18.3. The van der Waals surface area contributed by atoms with E-state index in [1.807, 2.05) is 13.8 Å². The van der Waals surface area contributed by atoms with E-state index in [1.165, 1.54) is 11.3 Å². The van der Waals surface area contributed by atoms with E-state index in [0.29, 0.717) is 4.88 Å². The van der Waals surface area contributed by atoms with E-state index < -0.39 is 28.8 Å². The molecule has 0 bridgehead atoms. The first-order valence-corrected chi connectivity index (χ1v) is 8.16. The van der Waals surface area contributed by atoms with Crippen LogP contribution in [0.5, 0.6) is 0 Å². The molecule has 2 N–H and O–H groups in total. The molecule has 0 aliphatic rings. The highest BCUT2D eigenvalue weighted by Crippen LogP contribution is 2.21. The van der Waals surface area contributed by atoms with Gasteiger partial charge in [0, 0.05) is 17.0 Å². The number of carbonyl (C=O) groups is 2. The number of rotatable bonds is 5. The van der Waals surface area contributed by atoms with Gasteiger partial charge in [0.05, 0.1) is 16.0 Å². The van der Waals surface area contributed by atoms with Crippen molar-refractivity contribution in [1.82, 2.24) is 15.4 Å². The van der Waals surface area contributed by atoms with Crippen molar-refractivity contribution in [2.45, 2.75) is 26.8 Å². The van der Waals surface area contributed by atoms with E-state index in [2.05, 4.69) is 10.9 Å². The standard InChI is InChI=1S/C15H16N4O5S/c1-3-11-9(2)6-12(25-11)15(22)17-16-13(20)8-18-7-10(19(23)24)4-5-14(18)21/h4-7H,3,8H2,1-2H3,(H,16,20)(H,17,22). The minimum Gasteiger partial charge on any atom is -0.299 e. The third kappa shape index (κ3) is 4.51. The van der Waals surface area contributed by atoms with Crippen LogP contribution in [0.25, 0.3) is 0 Å². The molecule has 0 unspecified atom stereocenters. The van der Waals surface area contributed by atoms with Gasteiger partial charge >= 0.3 is 0 Å². The maximum atomic E-state index is 12.0. The molecule has 10 heteroatoms. The molecule has 132 valence electrons. The van der Waals surface area contributed by atoms with Crippen molar-refractivity contribution < 1.29 is 14.5 Å². The minimum absolute atomic E-state index is 0.308. The molecule has 0 aliphatic carbocycles. The molecule has 2 aromatic heterocycles. The van der Waals surface area contributed by atoms with Crippen LogP contribution in [0.4, 0.5) is 5.69 Å². The van der Waals surface area contributed by atoms with Crippen molar-refractivity contribution in [1.29, 1.82) is 0 Å². The Morgan fingerprint density at radius 2 is 2.04 bits per heavy atom. The van der Waals surface area contributed by atoms with Gasteiger partial charge in [0.25, 0.3) is 23.1 Å². The molecular formula is C15H16N4O5S. The van der Waals surface area contributed by atoms with Gasteiger partial charge in [0.15, 0.2) is 0 Å². The van der Waals surface area contributed by atoms with Crippen LogP contribution in [-0.4, -0.2) is 21.3 Å². The number of hydrazine groups is 1. The fourth-order valence-electron chi connectivity index (χ4n) is 2.12. The van der Waals surface area contributed by atoms with Crippen LogP contribution < -0.4 is 16.4 Å². The van der Waals surface area contributed by atoms with E-state index in [-0.39, 0.29) is 5.69 Å². The lowest BCUT2D eigenvalue weighted by molar-refractivity contribution is -0.385. The fraction of sp³-hybridized carbons (Fsp3) is 0.267. The van der Waals surface area contributed by atoms with Crippen molar-refractivity contribution in [3.8, 4) is 0 Å². The molecule has 0 aromatic carbocycles. The number of nitrogens with one attached hydrogen (secondary N) is 2. The number of hydrogen-bond donors (Lipinski definition) is 2. The quantitative estimate of drug-likeness (QED) is 0.608. The van der Waals surface area contributed by atoms with Gasteiger partial charge in [-0.3, -0.25) is 39.9 Å². The molecule has 0 aliphatic heterocycles. The molecule has 0 radical (unpaired) electrons. The number of nitro groups is 1.